The number of phosphoric ester groups is 1. The number of likely N-dealkylation sites (N-methyl/N-ethyl adjacent to an activating group) is 1. The first kappa shape index (κ1) is 78.5. The highest BCUT2D eigenvalue weighted by Crippen LogP contribution is 2.43. The Hall–Kier alpha value is -2.55. The molecule has 3 unspecified atom stereocenters. The van der Waals surface area contributed by atoms with E-state index in [1.807, 2.05) is 33.3 Å². The smallest absolute Gasteiger partial charge is 0.456 e. The zero-order valence-electron chi connectivity index (χ0n) is 54.0. The third-order valence-electron chi connectivity index (χ3n) is 15.1. The number of quaternary nitrogens is 1. The third kappa shape index (κ3) is 61.8. The number of carbonyl (C=O) groups excluding carboxylic acids is 2. The summed E-state index contributed by atoms with van der Waals surface area (Å²) in [6.45, 7) is 7.00. The molecule has 0 aliphatic rings. The van der Waals surface area contributed by atoms with Crippen LogP contribution in [0.4, 0.5) is 0 Å². The molecule has 0 saturated heterocycles. The number of allylic oxidation sites excluding steroid dienone is 11. The summed E-state index contributed by atoms with van der Waals surface area (Å²) < 4.78 is 30.8. The fourth-order valence-corrected chi connectivity index (χ4v) is 10.5. The fraction of sp³-hybridized carbons (Fsp3) is 0.803. The molecular formula is C71H132N2O7P+. The summed E-state index contributed by atoms with van der Waals surface area (Å²) in [6, 6.07) is -0.854. The zero-order valence-corrected chi connectivity index (χ0v) is 54.9. The number of carbonyl (C=O) groups is 2. The van der Waals surface area contributed by atoms with E-state index < -0.39 is 20.0 Å². The number of hydrogen-bond acceptors (Lipinski definition) is 6. The molecule has 0 aliphatic heterocycles. The summed E-state index contributed by atoms with van der Waals surface area (Å²) in [4.78, 5) is 37.8. The largest absolute Gasteiger partial charge is 0.472 e. The molecule has 10 heteroatoms. The second-order valence-electron chi connectivity index (χ2n) is 24.3. The quantitative estimate of drug-likeness (QED) is 0.0205. The van der Waals surface area contributed by atoms with Gasteiger partial charge in [0.15, 0.2) is 0 Å². The van der Waals surface area contributed by atoms with Gasteiger partial charge in [0.25, 0.3) is 0 Å². The molecule has 0 aromatic heterocycles. The highest BCUT2D eigenvalue weighted by atomic mass is 31.2. The van der Waals surface area contributed by atoms with Crippen molar-refractivity contribution in [2.75, 3.05) is 40.9 Å². The number of esters is 1. The van der Waals surface area contributed by atoms with Crippen LogP contribution in [0.15, 0.2) is 72.9 Å². The lowest BCUT2D eigenvalue weighted by Crippen LogP contribution is -2.47. The van der Waals surface area contributed by atoms with Crippen LogP contribution in [0.25, 0.3) is 0 Å². The first-order chi connectivity index (χ1) is 39.4. The third-order valence-corrected chi connectivity index (χ3v) is 16.1. The van der Waals surface area contributed by atoms with E-state index in [4.69, 9.17) is 13.8 Å². The van der Waals surface area contributed by atoms with Crippen molar-refractivity contribution in [1.29, 1.82) is 0 Å². The maximum atomic E-state index is 13.6. The van der Waals surface area contributed by atoms with E-state index in [0.717, 1.165) is 89.9 Å². The lowest BCUT2D eigenvalue weighted by molar-refractivity contribution is -0.870. The van der Waals surface area contributed by atoms with Gasteiger partial charge in [-0.15, -0.1) is 0 Å². The first-order valence-electron chi connectivity index (χ1n) is 34.3. The van der Waals surface area contributed by atoms with Crippen molar-refractivity contribution in [3.63, 3.8) is 0 Å². The van der Waals surface area contributed by atoms with E-state index in [-0.39, 0.29) is 31.5 Å². The molecule has 0 saturated carbocycles. The molecule has 0 aromatic rings. The number of phosphoric acid groups is 1. The van der Waals surface area contributed by atoms with Gasteiger partial charge in [0, 0.05) is 12.8 Å². The molecule has 0 radical (unpaired) electrons. The Morgan fingerprint density at radius 3 is 1.16 bits per heavy atom. The van der Waals surface area contributed by atoms with Crippen molar-refractivity contribution < 1.29 is 37.3 Å². The summed E-state index contributed by atoms with van der Waals surface area (Å²) >= 11 is 0. The van der Waals surface area contributed by atoms with Crippen molar-refractivity contribution in [3.8, 4) is 0 Å². The Bertz CT molecular complexity index is 1620. The molecule has 1 amide bonds. The first-order valence-corrected chi connectivity index (χ1v) is 35.8. The maximum absolute atomic E-state index is 13.6. The Balaban J connectivity index is 5.09. The predicted octanol–water partition coefficient (Wildman–Crippen LogP) is 21.6. The maximum Gasteiger partial charge on any atom is 0.472 e. The second-order valence-corrected chi connectivity index (χ2v) is 25.8. The van der Waals surface area contributed by atoms with Gasteiger partial charge in [-0.05, 0) is 102 Å². The van der Waals surface area contributed by atoms with Gasteiger partial charge in [-0.25, -0.2) is 4.57 Å². The van der Waals surface area contributed by atoms with E-state index in [0.29, 0.717) is 17.4 Å². The molecule has 9 nitrogen and oxygen atoms in total. The predicted molar refractivity (Wildman–Crippen MR) is 351 cm³/mol. The molecule has 0 fully saturated rings. The van der Waals surface area contributed by atoms with E-state index in [1.54, 1.807) is 0 Å². The minimum absolute atomic E-state index is 0.0374. The molecule has 81 heavy (non-hydrogen) atoms. The van der Waals surface area contributed by atoms with E-state index >= 15 is 0 Å². The van der Waals surface area contributed by atoms with Gasteiger partial charge in [0.1, 0.15) is 19.3 Å². The van der Waals surface area contributed by atoms with Crippen LogP contribution in [0.3, 0.4) is 0 Å². The van der Waals surface area contributed by atoms with E-state index in [1.165, 1.54) is 193 Å². The molecule has 0 bridgehead atoms. The van der Waals surface area contributed by atoms with Crippen LogP contribution < -0.4 is 5.32 Å². The van der Waals surface area contributed by atoms with Crippen molar-refractivity contribution in [2.45, 2.75) is 328 Å². The number of nitrogens with one attached hydrogen (secondary N) is 1. The number of amides is 1. The second kappa shape index (κ2) is 60.6. The van der Waals surface area contributed by atoms with Gasteiger partial charge in [-0.3, -0.25) is 18.6 Å². The highest BCUT2D eigenvalue weighted by Gasteiger charge is 2.30. The van der Waals surface area contributed by atoms with Crippen LogP contribution >= 0.6 is 7.82 Å². The van der Waals surface area contributed by atoms with E-state index in [9.17, 15) is 19.0 Å². The average molecular weight is 1160 g/mol. The lowest BCUT2D eigenvalue weighted by Gasteiger charge is -2.27. The van der Waals surface area contributed by atoms with Crippen molar-refractivity contribution >= 4 is 19.7 Å². The normalized spacial score (nSPS) is 14.0. The Morgan fingerprint density at radius 1 is 0.432 bits per heavy atom. The number of nitrogens with zero attached hydrogens (tertiary/aromatic N) is 1. The van der Waals surface area contributed by atoms with Gasteiger partial charge in [-0.1, -0.05) is 274 Å². The van der Waals surface area contributed by atoms with Gasteiger partial charge < -0.3 is 19.4 Å². The number of ether oxygens (including phenoxy) is 1. The molecule has 0 aromatic carbocycles. The molecule has 0 aliphatic carbocycles. The summed E-state index contributed by atoms with van der Waals surface area (Å²) in [6.07, 6.45) is 79.0. The molecule has 472 valence electrons. The number of rotatable bonds is 62. The van der Waals surface area contributed by atoms with Gasteiger partial charge in [0.05, 0.1) is 33.8 Å². The molecule has 0 heterocycles. The van der Waals surface area contributed by atoms with Crippen LogP contribution in [0.2, 0.25) is 0 Å². The summed E-state index contributed by atoms with van der Waals surface area (Å²) in [5.41, 5.74) is 0. The Kier molecular flexibility index (Phi) is 58.7. The highest BCUT2D eigenvalue weighted by molar-refractivity contribution is 7.47. The fourth-order valence-electron chi connectivity index (χ4n) is 9.80. The standard InChI is InChI=1S/C71H131N2O7P/c1-7-10-13-16-19-22-25-27-29-31-33-34-35-36-37-38-40-42-44-46-49-52-55-58-61-64-71(75)80-69(62-59-56-53-50-47-24-21-18-15-12-9-3)68(67-79-81(76,77)78-66-65-73(4,5)6)72-70(74)63-60-57-54-51-48-45-43-41-39-32-30-28-26-23-20-17-14-11-8-2/h19,22,27-30,33-34,36-37,59,62,68-69H,7-18,20-21,23-26,31-32,35,38-58,60-61,63-67H2,1-6H3,(H-,72,74,76,77)/p+1/b22-19-,29-27-,30-28+,34-33-,37-36-,62-59-. The molecule has 0 rings (SSSR count). The zero-order chi connectivity index (χ0) is 59.3. The SMILES string of the molecule is CCCCC/C=C\C/C=C\C/C=C\C/C=C\CCCCCCCCCCCC(=O)OC(/C=C\CCCCCCCCCCC)C(COP(=O)(O)OCC[N+](C)(C)C)NC(=O)CCCCCCCCCCC/C=C/CCCCCCCC. The van der Waals surface area contributed by atoms with Crippen LogP contribution in [-0.4, -0.2) is 74.3 Å². The van der Waals surface area contributed by atoms with Gasteiger partial charge in [0.2, 0.25) is 5.91 Å². The van der Waals surface area contributed by atoms with Crippen molar-refractivity contribution in [1.82, 2.24) is 5.32 Å². The molecule has 2 N–H and O–H groups in total. The monoisotopic (exact) mass is 1160 g/mol. The lowest BCUT2D eigenvalue weighted by atomic mass is 10.0. The topological polar surface area (TPSA) is 111 Å². The van der Waals surface area contributed by atoms with Crippen LogP contribution in [0.5, 0.6) is 0 Å². The summed E-state index contributed by atoms with van der Waals surface area (Å²) in [7, 11) is 1.49. The molecular weight excluding hydrogens is 1020 g/mol. The van der Waals surface area contributed by atoms with Crippen LogP contribution in [-0.2, 0) is 27.9 Å². The van der Waals surface area contributed by atoms with Crippen LogP contribution in [0, 0.1) is 0 Å². The number of unbranched alkanes of at least 4 members (excludes halogenated alkanes) is 36. The summed E-state index contributed by atoms with van der Waals surface area (Å²) in [5.74, 6) is -0.508. The molecule has 3 atom stereocenters. The number of hydrogen-bond donors (Lipinski definition) is 2. The van der Waals surface area contributed by atoms with Gasteiger partial charge >= 0.3 is 13.8 Å². The minimum Gasteiger partial charge on any atom is -0.456 e. The Labute approximate surface area is 502 Å². The molecule has 0 spiro atoms. The Morgan fingerprint density at radius 2 is 0.753 bits per heavy atom. The van der Waals surface area contributed by atoms with Crippen LogP contribution in [0.1, 0.15) is 316 Å². The van der Waals surface area contributed by atoms with Gasteiger partial charge in [-0.2, -0.15) is 0 Å². The van der Waals surface area contributed by atoms with Crippen molar-refractivity contribution in [3.05, 3.63) is 72.9 Å². The average Bonchev–Trinajstić information content (AvgIpc) is 3.43. The minimum atomic E-state index is -4.45. The van der Waals surface area contributed by atoms with E-state index in [2.05, 4.69) is 86.8 Å². The summed E-state index contributed by atoms with van der Waals surface area (Å²) in [5, 5.41) is 3.06. The van der Waals surface area contributed by atoms with Crippen molar-refractivity contribution in [2.24, 2.45) is 0 Å².